The third-order valence-electron chi connectivity index (χ3n) is 2.55. The first-order chi connectivity index (χ1) is 9.04. The summed E-state index contributed by atoms with van der Waals surface area (Å²) < 4.78 is 13.7. The molecule has 2 rings (SSSR count). The van der Waals surface area contributed by atoms with Crippen molar-refractivity contribution in [2.75, 3.05) is 11.1 Å². The second-order valence-electron chi connectivity index (χ2n) is 4.09. The fraction of sp³-hybridized carbons (Fsp3) is 0.0714. The lowest BCUT2D eigenvalue weighted by atomic mass is 10.1. The average Bonchev–Trinajstić information content (AvgIpc) is 2.37. The lowest BCUT2D eigenvalue weighted by molar-refractivity contribution is -0.115. The summed E-state index contributed by atoms with van der Waals surface area (Å²) in [5.74, 6) is -0.609. The Morgan fingerprint density at radius 2 is 1.89 bits per heavy atom. The Labute approximate surface area is 118 Å². The van der Waals surface area contributed by atoms with Crippen LogP contribution in [0.4, 0.5) is 15.8 Å². The molecule has 0 radical (unpaired) electrons. The van der Waals surface area contributed by atoms with E-state index in [0.717, 1.165) is 5.56 Å². The van der Waals surface area contributed by atoms with Crippen LogP contribution in [0, 0.1) is 5.82 Å². The van der Waals surface area contributed by atoms with Crippen LogP contribution in [0.5, 0.6) is 0 Å². The van der Waals surface area contributed by atoms with Crippen LogP contribution >= 0.6 is 15.9 Å². The van der Waals surface area contributed by atoms with E-state index >= 15 is 0 Å². The Hall–Kier alpha value is -1.88. The van der Waals surface area contributed by atoms with Crippen molar-refractivity contribution in [1.82, 2.24) is 0 Å². The van der Waals surface area contributed by atoms with Gasteiger partial charge in [0.1, 0.15) is 5.82 Å². The summed E-state index contributed by atoms with van der Waals surface area (Å²) in [7, 11) is 0. The largest absolute Gasteiger partial charge is 0.399 e. The van der Waals surface area contributed by atoms with Crippen LogP contribution in [0.15, 0.2) is 46.9 Å². The molecule has 0 saturated carbocycles. The van der Waals surface area contributed by atoms with Crippen molar-refractivity contribution in [1.29, 1.82) is 0 Å². The summed E-state index contributed by atoms with van der Waals surface area (Å²) >= 11 is 3.26. The van der Waals surface area contributed by atoms with Crippen LogP contribution in [0.1, 0.15) is 5.56 Å². The summed E-state index contributed by atoms with van der Waals surface area (Å²) in [6.07, 6.45) is 0.212. The third kappa shape index (κ3) is 3.79. The number of anilines is 2. The fourth-order valence-corrected chi connectivity index (χ4v) is 1.95. The molecule has 2 aromatic rings. The first kappa shape index (κ1) is 13.5. The van der Waals surface area contributed by atoms with Gasteiger partial charge in [0.25, 0.3) is 0 Å². The van der Waals surface area contributed by atoms with E-state index in [1.165, 1.54) is 12.1 Å². The molecule has 0 unspecified atom stereocenters. The van der Waals surface area contributed by atoms with Crippen molar-refractivity contribution >= 4 is 33.2 Å². The van der Waals surface area contributed by atoms with Gasteiger partial charge < -0.3 is 11.1 Å². The topological polar surface area (TPSA) is 55.1 Å². The van der Waals surface area contributed by atoms with Crippen molar-refractivity contribution in [3.05, 3.63) is 58.3 Å². The number of rotatable bonds is 3. The zero-order valence-corrected chi connectivity index (χ0v) is 11.6. The summed E-state index contributed by atoms with van der Waals surface area (Å²) in [5, 5.41) is 2.66. The van der Waals surface area contributed by atoms with Gasteiger partial charge in [0.15, 0.2) is 0 Å². The Kier molecular flexibility index (Phi) is 4.16. The molecule has 2 aromatic carbocycles. The molecule has 0 bridgehead atoms. The maximum Gasteiger partial charge on any atom is 0.228 e. The summed E-state index contributed by atoms with van der Waals surface area (Å²) in [6, 6.07) is 11.2. The van der Waals surface area contributed by atoms with Crippen LogP contribution in [0.3, 0.4) is 0 Å². The number of benzene rings is 2. The maximum atomic E-state index is 13.1. The SMILES string of the molecule is Nc1ccc(CC(=O)Nc2cc(F)ccc2Br)cc1. The van der Waals surface area contributed by atoms with Crippen LogP contribution in [-0.2, 0) is 11.2 Å². The van der Waals surface area contributed by atoms with Crippen LogP contribution in [-0.4, -0.2) is 5.91 Å². The van der Waals surface area contributed by atoms with Crippen molar-refractivity contribution in [3.8, 4) is 0 Å². The second kappa shape index (κ2) is 5.84. The maximum absolute atomic E-state index is 13.1. The molecule has 0 spiro atoms. The van der Waals surface area contributed by atoms with Crippen molar-refractivity contribution < 1.29 is 9.18 Å². The van der Waals surface area contributed by atoms with E-state index in [0.29, 0.717) is 15.8 Å². The van der Waals surface area contributed by atoms with E-state index in [2.05, 4.69) is 21.2 Å². The molecule has 0 aromatic heterocycles. The van der Waals surface area contributed by atoms with E-state index in [4.69, 9.17) is 5.73 Å². The molecular formula is C14H12BrFN2O. The lowest BCUT2D eigenvalue weighted by Gasteiger charge is -2.07. The molecule has 0 fully saturated rings. The highest BCUT2D eigenvalue weighted by Gasteiger charge is 2.07. The first-order valence-corrected chi connectivity index (χ1v) is 6.43. The number of amides is 1. The van der Waals surface area contributed by atoms with E-state index in [1.54, 1.807) is 30.3 Å². The van der Waals surface area contributed by atoms with Gasteiger partial charge in [-0.3, -0.25) is 4.79 Å². The molecule has 0 saturated heterocycles. The van der Waals surface area contributed by atoms with Crippen LogP contribution in [0.25, 0.3) is 0 Å². The summed E-state index contributed by atoms with van der Waals surface area (Å²) in [5.41, 5.74) is 7.48. The number of nitrogen functional groups attached to an aromatic ring is 1. The van der Waals surface area contributed by atoms with Gasteiger partial charge in [-0.1, -0.05) is 12.1 Å². The van der Waals surface area contributed by atoms with Gasteiger partial charge >= 0.3 is 0 Å². The highest BCUT2D eigenvalue weighted by Crippen LogP contribution is 2.23. The minimum absolute atomic E-state index is 0.212. The van der Waals surface area contributed by atoms with Gasteiger partial charge in [-0.2, -0.15) is 0 Å². The number of carbonyl (C=O) groups excluding carboxylic acids is 1. The Bertz CT molecular complexity index is 599. The predicted molar refractivity (Wildman–Crippen MR) is 77.3 cm³/mol. The predicted octanol–water partition coefficient (Wildman–Crippen LogP) is 3.35. The Morgan fingerprint density at radius 1 is 1.21 bits per heavy atom. The molecule has 0 aliphatic carbocycles. The van der Waals surface area contributed by atoms with Crippen molar-refractivity contribution in [2.45, 2.75) is 6.42 Å². The van der Waals surface area contributed by atoms with E-state index < -0.39 is 5.82 Å². The first-order valence-electron chi connectivity index (χ1n) is 5.64. The fourth-order valence-electron chi connectivity index (χ4n) is 1.61. The molecule has 3 N–H and O–H groups in total. The number of nitrogens with one attached hydrogen (secondary N) is 1. The zero-order valence-electron chi connectivity index (χ0n) is 9.99. The minimum Gasteiger partial charge on any atom is -0.399 e. The van der Waals surface area contributed by atoms with E-state index in [-0.39, 0.29) is 12.3 Å². The van der Waals surface area contributed by atoms with Gasteiger partial charge in [0.2, 0.25) is 5.91 Å². The van der Waals surface area contributed by atoms with Gasteiger partial charge in [0.05, 0.1) is 12.1 Å². The molecule has 0 atom stereocenters. The minimum atomic E-state index is -0.397. The molecule has 5 heteroatoms. The molecule has 19 heavy (non-hydrogen) atoms. The van der Waals surface area contributed by atoms with Gasteiger partial charge in [-0.15, -0.1) is 0 Å². The number of carbonyl (C=O) groups is 1. The standard InChI is InChI=1S/C14H12BrFN2O/c15-12-6-3-10(16)8-13(12)18-14(19)7-9-1-4-11(17)5-2-9/h1-6,8H,7,17H2,(H,18,19). The van der Waals surface area contributed by atoms with E-state index in [9.17, 15) is 9.18 Å². The van der Waals surface area contributed by atoms with Crippen molar-refractivity contribution in [3.63, 3.8) is 0 Å². The van der Waals surface area contributed by atoms with Gasteiger partial charge in [-0.05, 0) is 51.8 Å². The number of hydrogen-bond acceptors (Lipinski definition) is 2. The normalized spacial score (nSPS) is 10.2. The molecule has 0 heterocycles. The molecule has 3 nitrogen and oxygen atoms in total. The molecule has 0 aliphatic rings. The molecular weight excluding hydrogens is 311 g/mol. The smallest absolute Gasteiger partial charge is 0.228 e. The molecule has 0 aliphatic heterocycles. The molecule has 98 valence electrons. The average molecular weight is 323 g/mol. The lowest BCUT2D eigenvalue weighted by Crippen LogP contribution is -2.14. The summed E-state index contributed by atoms with van der Waals surface area (Å²) in [4.78, 5) is 11.8. The van der Waals surface area contributed by atoms with Crippen LogP contribution in [0.2, 0.25) is 0 Å². The van der Waals surface area contributed by atoms with Crippen LogP contribution < -0.4 is 11.1 Å². The number of hydrogen-bond donors (Lipinski definition) is 2. The third-order valence-corrected chi connectivity index (χ3v) is 3.24. The Morgan fingerprint density at radius 3 is 2.58 bits per heavy atom. The van der Waals surface area contributed by atoms with Gasteiger partial charge in [0, 0.05) is 10.2 Å². The van der Waals surface area contributed by atoms with Crippen molar-refractivity contribution in [2.24, 2.45) is 0 Å². The molecule has 1 amide bonds. The van der Waals surface area contributed by atoms with E-state index in [1.807, 2.05) is 0 Å². The van der Waals surface area contributed by atoms with Gasteiger partial charge in [-0.25, -0.2) is 4.39 Å². The highest BCUT2D eigenvalue weighted by molar-refractivity contribution is 9.10. The highest BCUT2D eigenvalue weighted by atomic mass is 79.9. The number of halogens is 2. The second-order valence-corrected chi connectivity index (χ2v) is 4.95. The Balaban J connectivity index is 2.05. The monoisotopic (exact) mass is 322 g/mol. The zero-order chi connectivity index (χ0) is 13.8. The number of nitrogens with two attached hydrogens (primary N) is 1. The quantitative estimate of drug-likeness (QED) is 0.851. The summed E-state index contributed by atoms with van der Waals surface area (Å²) in [6.45, 7) is 0.